The summed E-state index contributed by atoms with van der Waals surface area (Å²) in [6.07, 6.45) is 6.43. The number of rotatable bonds is 5. The van der Waals surface area contributed by atoms with E-state index in [1.165, 1.54) is 12.8 Å². The van der Waals surface area contributed by atoms with Gasteiger partial charge < -0.3 is 9.47 Å². The lowest BCUT2D eigenvalue weighted by Gasteiger charge is -2.27. The molecule has 0 aliphatic carbocycles. The topological polar surface area (TPSA) is 51.8 Å². The third-order valence-corrected chi connectivity index (χ3v) is 6.77. The number of aryl methyl sites for hydroxylation is 1. The van der Waals surface area contributed by atoms with Gasteiger partial charge in [0.2, 0.25) is 0 Å². The van der Waals surface area contributed by atoms with Crippen molar-refractivity contribution in [1.29, 1.82) is 0 Å². The zero-order valence-electron chi connectivity index (χ0n) is 18.2. The standard InChI is InChI=1S/C24H27BrN6/c1-4-29-12-11-20(28-29)15-30-22-9-8-19(25)13-21(22)27-24(30)18-7-10-23(26-14-18)31-16(2)5-6-17(31)3/h7-14,16-17H,4-6,15H2,1-3H3/t16-,17-/m0/s1. The average molecular weight is 479 g/mol. The van der Waals surface area contributed by atoms with E-state index in [1.54, 1.807) is 0 Å². The lowest BCUT2D eigenvalue weighted by Crippen LogP contribution is -2.33. The Labute approximate surface area is 191 Å². The second kappa shape index (κ2) is 8.11. The average Bonchev–Trinajstić information content (AvgIpc) is 3.46. The van der Waals surface area contributed by atoms with Gasteiger partial charge in [-0.25, -0.2) is 9.97 Å². The van der Waals surface area contributed by atoms with Gasteiger partial charge in [0.25, 0.3) is 0 Å². The fraction of sp³-hybridized carbons (Fsp3) is 0.375. The van der Waals surface area contributed by atoms with E-state index in [-0.39, 0.29) is 0 Å². The van der Waals surface area contributed by atoms with E-state index in [0.717, 1.165) is 45.0 Å². The molecule has 0 radical (unpaired) electrons. The van der Waals surface area contributed by atoms with Crippen molar-refractivity contribution < 1.29 is 0 Å². The van der Waals surface area contributed by atoms with Crippen LogP contribution in [0.3, 0.4) is 0 Å². The smallest absolute Gasteiger partial charge is 0.143 e. The van der Waals surface area contributed by atoms with E-state index < -0.39 is 0 Å². The molecule has 0 unspecified atom stereocenters. The van der Waals surface area contributed by atoms with Crippen LogP contribution in [-0.4, -0.2) is 36.4 Å². The second-order valence-corrected chi connectivity index (χ2v) is 9.32. The van der Waals surface area contributed by atoms with Crippen LogP contribution in [0.15, 0.2) is 53.3 Å². The van der Waals surface area contributed by atoms with E-state index in [4.69, 9.17) is 9.97 Å². The van der Waals surface area contributed by atoms with Crippen LogP contribution in [0, 0.1) is 0 Å². The normalized spacial score (nSPS) is 18.9. The van der Waals surface area contributed by atoms with Crippen LogP contribution in [0.4, 0.5) is 5.82 Å². The van der Waals surface area contributed by atoms with Gasteiger partial charge in [0.15, 0.2) is 0 Å². The molecule has 0 bridgehead atoms. The molecular weight excluding hydrogens is 452 g/mol. The molecule has 3 aromatic heterocycles. The number of hydrogen-bond acceptors (Lipinski definition) is 4. The van der Waals surface area contributed by atoms with Gasteiger partial charge in [-0.1, -0.05) is 15.9 Å². The Kier molecular flexibility index (Phi) is 5.30. The van der Waals surface area contributed by atoms with Gasteiger partial charge in [-0.15, -0.1) is 0 Å². The molecule has 0 spiro atoms. The van der Waals surface area contributed by atoms with Crippen molar-refractivity contribution in [2.45, 2.75) is 58.8 Å². The predicted octanol–water partition coefficient (Wildman–Crippen LogP) is 5.50. The Hall–Kier alpha value is -2.67. The lowest BCUT2D eigenvalue weighted by atomic mass is 10.2. The van der Waals surface area contributed by atoms with Gasteiger partial charge >= 0.3 is 0 Å². The van der Waals surface area contributed by atoms with Crippen LogP contribution in [0.1, 0.15) is 39.3 Å². The SMILES string of the molecule is CCn1ccc(Cn2c(-c3ccc(N4[C@@H](C)CC[C@@H]4C)nc3)nc3cc(Br)ccc32)n1. The molecule has 5 rings (SSSR count). The van der Waals surface area contributed by atoms with E-state index in [0.29, 0.717) is 18.6 Å². The monoisotopic (exact) mass is 478 g/mol. The van der Waals surface area contributed by atoms with Gasteiger partial charge in [-0.3, -0.25) is 4.68 Å². The molecule has 7 heteroatoms. The first-order valence-electron chi connectivity index (χ1n) is 11.0. The van der Waals surface area contributed by atoms with Gasteiger partial charge in [0.05, 0.1) is 23.3 Å². The van der Waals surface area contributed by atoms with Gasteiger partial charge in [0.1, 0.15) is 11.6 Å². The fourth-order valence-electron chi connectivity index (χ4n) is 4.63. The van der Waals surface area contributed by atoms with Crippen molar-refractivity contribution in [2.75, 3.05) is 4.90 Å². The lowest BCUT2D eigenvalue weighted by molar-refractivity contribution is 0.639. The van der Waals surface area contributed by atoms with Crippen LogP contribution >= 0.6 is 15.9 Å². The first kappa shape index (κ1) is 20.2. The molecule has 1 fully saturated rings. The summed E-state index contributed by atoms with van der Waals surface area (Å²) >= 11 is 3.58. The summed E-state index contributed by atoms with van der Waals surface area (Å²) in [5.41, 5.74) is 4.10. The third-order valence-electron chi connectivity index (χ3n) is 6.27. The molecule has 4 aromatic rings. The van der Waals surface area contributed by atoms with Crippen LogP contribution in [0.2, 0.25) is 0 Å². The first-order chi connectivity index (χ1) is 15.0. The molecule has 160 valence electrons. The molecule has 4 heterocycles. The predicted molar refractivity (Wildman–Crippen MR) is 128 cm³/mol. The molecular formula is C24H27BrN6. The number of fused-ring (bicyclic) bond motifs is 1. The minimum absolute atomic E-state index is 0.531. The highest BCUT2D eigenvalue weighted by Crippen LogP contribution is 2.31. The molecule has 1 aliphatic heterocycles. The zero-order chi connectivity index (χ0) is 21.5. The summed E-state index contributed by atoms with van der Waals surface area (Å²) in [6.45, 7) is 8.20. The number of anilines is 1. The number of hydrogen-bond donors (Lipinski definition) is 0. The van der Waals surface area contributed by atoms with Crippen LogP contribution in [-0.2, 0) is 13.1 Å². The third kappa shape index (κ3) is 3.76. The van der Waals surface area contributed by atoms with E-state index in [2.05, 4.69) is 87.7 Å². The maximum atomic E-state index is 4.97. The summed E-state index contributed by atoms with van der Waals surface area (Å²) < 4.78 is 5.22. The molecule has 1 aliphatic rings. The van der Waals surface area contributed by atoms with E-state index in [9.17, 15) is 0 Å². The summed E-state index contributed by atoms with van der Waals surface area (Å²) in [4.78, 5) is 12.2. The maximum Gasteiger partial charge on any atom is 0.143 e. The summed E-state index contributed by atoms with van der Waals surface area (Å²) in [5.74, 6) is 1.97. The number of halogens is 1. The Morgan fingerprint density at radius 2 is 1.87 bits per heavy atom. The Balaban J connectivity index is 1.55. The van der Waals surface area contributed by atoms with Crippen molar-refractivity contribution in [3.05, 3.63) is 59.0 Å². The zero-order valence-corrected chi connectivity index (χ0v) is 19.7. The van der Waals surface area contributed by atoms with Crippen LogP contribution < -0.4 is 4.90 Å². The van der Waals surface area contributed by atoms with Crippen LogP contribution in [0.25, 0.3) is 22.4 Å². The van der Waals surface area contributed by atoms with Crippen molar-refractivity contribution in [3.63, 3.8) is 0 Å². The Morgan fingerprint density at radius 1 is 1.06 bits per heavy atom. The highest BCUT2D eigenvalue weighted by atomic mass is 79.9. The van der Waals surface area contributed by atoms with Gasteiger partial charge in [-0.05, 0) is 70.0 Å². The summed E-state index contributed by atoms with van der Waals surface area (Å²) in [7, 11) is 0. The maximum absolute atomic E-state index is 4.97. The molecule has 1 saturated heterocycles. The number of nitrogens with zero attached hydrogens (tertiary/aromatic N) is 6. The minimum atomic E-state index is 0.531. The van der Waals surface area contributed by atoms with Gasteiger partial charge in [-0.2, -0.15) is 5.10 Å². The molecule has 1 aromatic carbocycles. The molecule has 6 nitrogen and oxygen atoms in total. The number of imidazole rings is 1. The van der Waals surface area contributed by atoms with Crippen molar-refractivity contribution >= 4 is 32.8 Å². The largest absolute Gasteiger partial charge is 0.351 e. The van der Waals surface area contributed by atoms with Crippen molar-refractivity contribution in [1.82, 2.24) is 24.3 Å². The number of aromatic nitrogens is 5. The highest BCUT2D eigenvalue weighted by Gasteiger charge is 2.28. The summed E-state index contributed by atoms with van der Waals surface area (Å²) in [5, 5.41) is 4.68. The fourth-order valence-corrected chi connectivity index (χ4v) is 4.98. The Bertz CT molecular complexity index is 1200. The summed E-state index contributed by atoms with van der Waals surface area (Å²) in [6, 6.07) is 13.7. The Morgan fingerprint density at radius 3 is 2.55 bits per heavy atom. The second-order valence-electron chi connectivity index (χ2n) is 8.41. The molecule has 2 atom stereocenters. The van der Waals surface area contributed by atoms with Crippen LogP contribution in [0.5, 0.6) is 0 Å². The van der Waals surface area contributed by atoms with E-state index in [1.807, 2.05) is 17.1 Å². The number of benzene rings is 1. The molecule has 0 N–H and O–H groups in total. The molecule has 31 heavy (non-hydrogen) atoms. The van der Waals surface area contributed by atoms with Gasteiger partial charge in [0, 0.05) is 41.1 Å². The van der Waals surface area contributed by atoms with Crippen molar-refractivity contribution in [2.24, 2.45) is 0 Å². The highest BCUT2D eigenvalue weighted by molar-refractivity contribution is 9.10. The van der Waals surface area contributed by atoms with Crippen molar-refractivity contribution in [3.8, 4) is 11.4 Å². The number of pyridine rings is 1. The quantitative estimate of drug-likeness (QED) is 0.379. The van der Waals surface area contributed by atoms with E-state index >= 15 is 0 Å². The first-order valence-corrected chi connectivity index (χ1v) is 11.8. The molecule has 0 amide bonds. The minimum Gasteiger partial charge on any atom is -0.351 e. The molecule has 0 saturated carbocycles.